The minimum atomic E-state index is -1.09. The van der Waals surface area contributed by atoms with E-state index in [-0.39, 0.29) is 5.92 Å². The minimum Gasteiger partial charge on any atom is -0.480 e. The summed E-state index contributed by atoms with van der Waals surface area (Å²) in [4.78, 5) is 35.2. The first-order valence-corrected chi connectivity index (χ1v) is 5.30. The Morgan fingerprint density at radius 1 is 1.29 bits per heavy atom. The van der Waals surface area contributed by atoms with Gasteiger partial charge in [-0.2, -0.15) is 0 Å². The summed E-state index contributed by atoms with van der Waals surface area (Å²) < 4.78 is 0. The van der Waals surface area contributed by atoms with Crippen LogP contribution in [0.25, 0.3) is 0 Å². The molecule has 0 aromatic heterocycles. The number of nitrogens with one attached hydrogen (secondary N) is 3. The smallest absolute Gasteiger partial charge is 0.326 e. The Bertz CT molecular complexity index is 383. The molecule has 2 aliphatic rings. The number of carbonyl (C=O) groups excluding carboxylic acids is 2. The third kappa shape index (κ3) is 1.75. The maximum atomic E-state index is 11.7. The van der Waals surface area contributed by atoms with Gasteiger partial charge in [-0.15, -0.1) is 0 Å². The van der Waals surface area contributed by atoms with Crippen LogP contribution in [0.4, 0.5) is 9.59 Å². The van der Waals surface area contributed by atoms with Gasteiger partial charge in [0.1, 0.15) is 18.4 Å². The van der Waals surface area contributed by atoms with E-state index in [2.05, 4.69) is 16.0 Å². The fraction of sp³-hybridized carbons (Fsp3) is 0.667. The monoisotopic (exact) mass is 242 g/mol. The number of carbonyl (C=O) groups is 3. The maximum absolute atomic E-state index is 11.7. The lowest BCUT2D eigenvalue weighted by atomic mass is 10.0. The molecule has 2 aliphatic heterocycles. The maximum Gasteiger partial charge on any atom is 0.326 e. The third-order valence-corrected chi connectivity index (χ3v) is 2.88. The van der Waals surface area contributed by atoms with Crippen molar-refractivity contribution < 1.29 is 19.5 Å². The molecule has 0 aromatic carbocycles. The van der Waals surface area contributed by atoms with E-state index in [1.165, 1.54) is 0 Å². The van der Waals surface area contributed by atoms with E-state index in [0.717, 1.165) is 4.90 Å². The van der Waals surface area contributed by atoms with Gasteiger partial charge in [-0.05, 0) is 5.92 Å². The molecular formula is C9H14N4O4. The zero-order chi connectivity index (χ0) is 12.7. The van der Waals surface area contributed by atoms with E-state index >= 15 is 0 Å². The predicted octanol–water partition coefficient (Wildman–Crippen LogP) is -0.914. The van der Waals surface area contributed by atoms with Gasteiger partial charge in [0.15, 0.2) is 0 Å². The van der Waals surface area contributed by atoms with Gasteiger partial charge in [-0.1, -0.05) is 13.8 Å². The average molecular weight is 242 g/mol. The van der Waals surface area contributed by atoms with Gasteiger partial charge in [-0.3, -0.25) is 4.90 Å². The number of fused-ring (bicyclic) bond motifs is 1. The summed E-state index contributed by atoms with van der Waals surface area (Å²) in [5.74, 6) is -1.34. The van der Waals surface area contributed by atoms with E-state index < -0.39 is 36.4 Å². The standard InChI is InChI=1S/C9H14N4O4/c1-3(2)4(7(14)15)13-6-5(11-9(13)17)10-8(16)12-6/h3-6H,1-2H3,(H,11,17)(H,14,15)(H2,10,12,16)/t4-,5+,6+/m1/s1. The van der Waals surface area contributed by atoms with E-state index in [1.807, 2.05) is 0 Å². The topological polar surface area (TPSA) is 111 Å². The highest BCUT2D eigenvalue weighted by molar-refractivity contribution is 5.88. The Morgan fingerprint density at radius 2 is 1.94 bits per heavy atom. The van der Waals surface area contributed by atoms with Gasteiger partial charge >= 0.3 is 18.0 Å². The second-order valence-electron chi connectivity index (χ2n) is 4.42. The highest BCUT2D eigenvalue weighted by Gasteiger charge is 2.50. The predicted molar refractivity (Wildman–Crippen MR) is 55.9 cm³/mol. The molecule has 0 radical (unpaired) electrons. The first-order chi connectivity index (χ1) is 7.91. The van der Waals surface area contributed by atoms with Crippen molar-refractivity contribution in [2.24, 2.45) is 5.92 Å². The molecule has 17 heavy (non-hydrogen) atoms. The number of urea groups is 2. The van der Waals surface area contributed by atoms with E-state index in [9.17, 15) is 14.4 Å². The first kappa shape index (κ1) is 11.5. The van der Waals surface area contributed by atoms with Crippen molar-refractivity contribution in [3.8, 4) is 0 Å². The Hall–Kier alpha value is -1.99. The Labute approximate surface area is 97.3 Å². The normalized spacial score (nSPS) is 28.5. The molecule has 0 bridgehead atoms. The van der Waals surface area contributed by atoms with Crippen molar-refractivity contribution in [1.29, 1.82) is 0 Å². The molecule has 8 nitrogen and oxygen atoms in total. The van der Waals surface area contributed by atoms with Crippen molar-refractivity contribution in [2.75, 3.05) is 0 Å². The summed E-state index contributed by atoms with van der Waals surface area (Å²) >= 11 is 0. The van der Waals surface area contributed by atoms with Gasteiger partial charge in [0.25, 0.3) is 0 Å². The molecule has 4 N–H and O–H groups in total. The fourth-order valence-electron chi connectivity index (χ4n) is 2.18. The van der Waals surface area contributed by atoms with Gasteiger partial charge in [0.2, 0.25) is 0 Å². The Kier molecular flexibility index (Phi) is 2.56. The summed E-state index contributed by atoms with van der Waals surface area (Å²) in [6.07, 6.45) is -1.23. The van der Waals surface area contributed by atoms with Crippen LogP contribution in [0.3, 0.4) is 0 Å². The molecular weight excluding hydrogens is 228 g/mol. The Balaban J connectivity index is 2.26. The number of hydrogen-bond donors (Lipinski definition) is 4. The number of carboxylic acids is 1. The number of carboxylic acid groups (broad SMARTS) is 1. The molecule has 2 fully saturated rings. The molecule has 0 aromatic rings. The summed E-state index contributed by atoms with van der Waals surface area (Å²) in [5, 5.41) is 16.7. The van der Waals surface area contributed by atoms with E-state index in [4.69, 9.17) is 5.11 Å². The van der Waals surface area contributed by atoms with Crippen molar-refractivity contribution >= 4 is 18.0 Å². The zero-order valence-corrected chi connectivity index (χ0v) is 9.43. The molecule has 2 heterocycles. The molecule has 3 atom stereocenters. The first-order valence-electron chi connectivity index (χ1n) is 5.30. The minimum absolute atomic E-state index is 0.255. The summed E-state index contributed by atoms with van der Waals surface area (Å²) in [6.45, 7) is 3.42. The second-order valence-corrected chi connectivity index (χ2v) is 4.42. The highest BCUT2D eigenvalue weighted by Crippen LogP contribution is 2.21. The van der Waals surface area contributed by atoms with Crippen LogP contribution >= 0.6 is 0 Å². The van der Waals surface area contributed by atoms with Crippen LogP contribution in [0.5, 0.6) is 0 Å². The quantitative estimate of drug-likeness (QED) is 0.513. The highest BCUT2D eigenvalue weighted by atomic mass is 16.4. The van der Waals surface area contributed by atoms with Gasteiger partial charge in [0.05, 0.1) is 0 Å². The molecule has 94 valence electrons. The molecule has 0 aliphatic carbocycles. The molecule has 2 saturated heterocycles. The van der Waals surface area contributed by atoms with Crippen molar-refractivity contribution in [2.45, 2.75) is 32.2 Å². The summed E-state index contributed by atoms with van der Waals surface area (Å²) in [5.41, 5.74) is 0. The summed E-state index contributed by atoms with van der Waals surface area (Å²) in [7, 11) is 0. The zero-order valence-electron chi connectivity index (χ0n) is 9.43. The lowest BCUT2D eigenvalue weighted by molar-refractivity contribution is -0.144. The van der Waals surface area contributed by atoms with Gasteiger partial charge in [0, 0.05) is 0 Å². The van der Waals surface area contributed by atoms with Crippen LogP contribution in [-0.4, -0.2) is 46.4 Å². The average Bonchev–Trinajstić information content (AvgIpc) is 2.64. The van der Waals surface area contributed by atoms with Crippen LogP contribution in [0, 0.1) is 5.92 Å². The number of nitrogens with zero attached hydrogens (tertiary/aromatic N) is 1. The number of rotatable bonds is 3. The number of aliphatic carboxylic acids is 1. The lowest BCUT2D eigenvalue weighted by Gasteiger charge is -2.30. The molecule has 0 saturated carbocycles. The Morgan fingerprint density at radius 3 is 2.47 bits per heavy atom. The van der Waals surface area contributed by atoms with Crippen molar-refractivity contribution in [1.82, 2.24) is 20.9 Å². The number of hydrogen-bond acceptors (Lipinski definition) is 3. The van der Waals surface area contributed by atoms with Crippen LogP contribution < -0.4 is 16.0 Å². The second kappa shape index (κ2) is 3.79. The van der Waals surface area contributed by atoms with Crippen molar-refractivity contribution in [3.05, 3.63) is 0 Å². The fourth-order valence-corrected chi connectivity index (χ4v) is 2.18. The van der Waals surface area contributed by atoms with Gasteiger partial charge < -0.3 is 21.1 Å². The van der Waals surface area contributed by atoms with Gasteiger partial charge in [-0.25, -0.2) is 14.4 Å². The van der Waals surface area contributed by atoms with E-state index in [1.54, 1.807) is 13.8 Å². The largest absolute Gasteiger partial charge is 0.480 e. The lowest BCUT2D eigenvalue weighted by Crippen LogP contribution is -2.54. The number of amides is 4. The van der Waals surface area contributed by atoms with E-state index in [0.29, 0.717) is 0 Å². The van der Waals surface area contributed by atoms with Crippen LogP contribution in [-0.2, 0) is 4.79 Å². The van der Waals surface area contributed by atoms with Crippen molar-refractivity contribution in [3.63, 3.8) is 0 Å². The molecule has 4 amide bonds. The van der Waals surface area contributed by atoms with Crippen LogP contribution in [0.2, 0.25) is 0 Å². The summed E-state index contributed by atoms with van der Waals surface area (Å²) in [6, 6.07) is -1.88. The third-order valence-electron chi connectivity index (χ3n) is 2.88. The molecule has 0 spiro atoms. The molecule has 2 rings (SSSR count). The van der Waals surface area contributed by atoms with Crippen LogP contribution in [0.1, 0.15) is 13.8 Å². The molecule has 0 unspecified atom stereocenters. The SMILES string of the molecule is CC(C)[C@H](C(=O)O)N1C(=O)N[C@@H]2NC(=O)N[C@H]21. The molecule has 8 heteroatoms. The van der Waals surface area contributed by atoms with Crippen LogP contribution in [0.15, 0.2) is 0 Å².